The van der Waals surface area contributed by atoms with Crippen LogP contribution in [0.2, 0.25) is 5.02 Å². The van der Waals surface area contributed by atoms with Gasteiger partial charge < -0.3 is 20.7 Å². The first-order valence-corrected chi connectivity index (χ1v) is 11.1. The zero-order valence-corrected chi connectivity index (χ0v) is 19.1. The number of anilines is 1. The Balaban J connectivity index is 1.48. The van der Waals surface area contributed by atoms with Gasteiger partial charge in [-0.25, -0.2) is 0 Å². The molecule has 4 rings (SSSR count). The van der Waals surface area contributed by atoms with E-state index in [0.29, 0.717) is 27.5 Å². The second-order valence-electron chi connectivity index (χ2n) is 7.80. The highest BCUT2D eigenvalue weighted by molar-refractivity contribution is 6.35. The number of hydrogen-bond donors (Lipinski definition) is 4. The van der Waals surface area contributed by atoms with E-state index in [1.807, 2.05) is 0 Å². The molecule has 2 heterocycles. The van der Waals surface area contributed by atoms with E-state index in [4.69, 9.17) is 16.7 Å². The summed E-state index contributed by atoms with van der Waals surface area (Å²) in [4.78, 5) is 51.8. The summed E-state index contributed by atoms with van der Waals surface area (Å²) in [6, 6.07) is 15.2. The Morgan fingerprint density at radius 2 is 1.83 bits per heavy atom. The Morgan fingerprint density at radius 1 is 1.06 bits per heavy atom. The van der Waals surface area contributed by atoms with Gasteiger partial charge in [0.25, 0.3) is 11.5 Å². The molecule has 0 spiro atoms. The van der Waals surface area contributed by atoms with Crippen molar-refractivity contribution in [2.45, 2.75) is 18.9 Å². The fourth-order valence-electron chi connectivity index (χ4n) is 3.59. The van der Waals surface area contributed by atoms with Crippen molar-refractivity contribution in [3.63, 3.8) is 0 Å². The van der Waals surface area contributed by atoms with E-state index in [0.717, 1.165) is 5.39 Å². The SMILES string of the molecule is O=C(O)CC[C@H](NC(=O)c1ccc2c(Cl)c[nH]c2c1)C(=O)Nc1ccc(-n2ccccc2=O)cc1. The van der Waals surface area contributed by atoms with Crippen LogP contribution in [0.1, 0.15) is 23.2 Å². The molecule has 2 aromatic carbocycles. The van der Waals surface area contributed by atoms with Crippen LogP contribution in [0.5, 0.6) is 0 Å². The molecule has 0 saturated carbocycles. The smallest absolute Gasteiger partial charge is 0.303 e. The van der Waals surface area contributed by atoms with Crippen LogP contribution in [0.15, 0.2) is 77.9 Å². The predicted octanol–water partition coefficient (Wildman–Crippen LogP) is 3.57. The Morgan fingerprint density at radius 3 is 2.54 bits per heavy atom. The molecule has 10 heteroatoms. The molecule has 178 valence electrons. The highest BCUT2D eigenvalue weighted by Gasteiger charge is 2.23. The zero-order valence-electron chi connectivity index (χ0n) is 18.3. The molecule has 0 fully saturated rings. The number of aliphatic carboxylic acids is 1. The van der Waals surface area contributed by atoms with E-state index in [1.54, 1.807) is 67.0 Å². The highest BCUT2D eigenvalue weighted by atomic mass is 35.5. The molecule has 0 aliphatic carbocycles. The number of benzene rings is 2. The van der Waals surface area contributed by atoms with Crippen molar-refractivity contribution in [2.24, 2.45) is 0 Å². The predicted molar refractivity (Wildman–Crippen MR) is 132 cm³/mol. The van der Waals surface area contributed by atoms with Gasteiger partial charge in [0, 0.05) is 52.7 Å². The fraction of sp³-hybridized carbons (Fsp3) is 0.120. The van der Waals surface area contributed by atoms with E-state index < -0.39 is 23.8 Å². The number of aromatic amines is 1. The van der Waals surface area contributed by atoms with Gasteiger partial charge in [-0.15, -0.1) is 0 Å². The number of rotatable bonds is 8. The van der Waals surface area contributed by atoms with Gasteiger partial charge in [0.15, 0.2) is 0 Å². The van der Waals surface area contributed by atoms with E-state index in [1.165, 1.54) is 10.6 Å². The van der Waals surface area contributed by atoms with Crippen LogP contribution in [-0.2, 0) is 9.59 Å². The number of carboxylic acid groups (broad SMARTS) is 1. The van der Waals surface area contributed by atoms with Gasteiger partial charge in [-0.05, 0) is 48.9 Å². The number of amides is 2. The van der Waals surface area contributed by atoms with Crippen molar-refractivity contribution in [2.75, 3.05) is 5.32 Å². The monoisotopic (exact) mass is 492 g/mol. The van der Waals surface area contributed by atoms with Crippen molar-refractivity contribution < 1.29 is 19.5 Å². The first-order chi connectivity index (χ1) is 16.8. The van der Waals surface area contributed by atoms with Crippen molar-refractivity contribution in [3.8, 4) is 5.69 Å². The molecule has 9 nitrogen and oxygen atoms in total. The van der Waals surface area contributed by atoms with Crippen LogP contribution < -0.4 is 16.2 Å². The average molecular weight is 493 g/mol. The molecular formula is C25H21ClN4O5. The summed E-state index contributed by atoms with van der Waals surface area (Å²) < 4.78 is 1.45. The number of halogens is 1. The van der Waals surface area contributed by atoms with Gasteiger partial charge in [0.1, 0.15) is 6.04 Å². The average Bonchev–Trinajstić information content (AvgIpc) is 3.22. The number of pyridine rings is 1. The largest absolute Gasteiger partial charge is 0.481 e. The molecular weight excluding hydrogens is 472 g/mol. The molecule has 1 atom stereocenters. The number of nitrogens with one attached hydrogen (secondary N) is 3. The number of carbonyl (C=O) groups excluding carboxylic acids is 2. The second-order valence-corrected chi connectivity index (χ2v) is 8.21. The third-order valence-corrected chi connectivity index (χ3v) is 5.71. The number of aromatic nitrogens is 2. The summed E-state index contributed by atoms with van der Waals surface area (Å²) in [5.74, 6) is -2.17. The van der Waals surface area contributed by atoms with Gasteiger partial charge in [-0.3, -0.25) is 23.7 Å². The summed E-state index contributed by atoms with van der Waals surface area (Å²) in [5, 5.41) is 15.7. The quantitative estimate of drug-likeness (QED) is 0.298. The van der Waals surface area contributed by atoms with Crippen molar-refractivity contribution in [1.82, 2.24) is 14.9 Å². The Labute approximate surface area is 204 Å². The Kier molecular flexibility index (Phi) is 6.98. The third-order valence-electron chi connectivity index (χ3n) is 5.40. The first kappa shape index (κ1) is 23.8. The number of fused-ring (bicyclic) bond motifs is 1. The van der Waals surface area contributed by atoms with Crippen molar-refractivity contribution in [3.05, 3.63) is 94.0 Å². The molecule has 2 amide bonds. The molecule has 0 aliphatic rings. The summed E-state index contributed by atoms with van der Waals surface area (Å²) in [7, 11) is 0. The van der Waals surface area contributed by atoms with Gasteiger partial charge in [0.05, 0.1) is 5.02 Å². The number of H-pyrrole nitrogens is 1. The molecule has 4 aromatic rings. The molecule has 35 heavy (non-hydrogen) atoms. The Hall–Kier alpha value is -4.37. The second kappa shape index (κ2) is 10.3. The minimum Gasteiger partial charge on any atom is -0.481 e. The first-order valence-electron chi connectivity index (χ1n) is 10.7. The van der Waals surface area contributed by atoms with E-state index >= 15 is 0 Å². The third kappa shape index (κ3) is 5.59. The summed E-state index contributed by atoms with van der Waals surface area (Å²) in [5.41, 5.74) is 1.80. The van der Waals surface area contributed by atoms with Crippen LogP contribution in [-0.4, -0.2) is 38.5 Å². The van der Waals surface area contributed by atoms with Gasteiger partial charge in [0.2, 0.25) is 5.91 Å². The van der Waals surface area contributed by atoms with Crippen LogP contribution in [0.25, 0.3) is 16.6 Å². The maximum Gasteiger partial charge on any atom is 0.303 e. The summed E-state index contributed by atoms with van der Waals surface area (Å²) in [6.07, 6.45) is 2.84. The summed E-state index contributed by atoms with van der Waals surface area (Å²) >= 11 is 6.07. The van der Waals surface area contributed by atoms with E-state index in [9.17, 15) is 19.2 Å². The maximum absolute atomic E-state index is 12.9. The lowest BCUT2D eigenvalue weighted by atomic mass is 10.1. The standard InChI is InChI=1S/C25H21ClN4O5/c26-19-14-27-21-13-15(4-9-18(19)21)24(34)29-20(10-11-23(32)33)25(35)28-16-5-7-17(8-6-16)30-12-2-1-3-22(30)31/h1-9,12-14,20,27H,10-11H2,(H,28,35)(H,29,34)(H,32,33)/t20-/m0/s1. The Bertz CT molecular complexity index is 1460. The highest BCUT2D eigenvalue weighted by Crippen LogP contribution is 2.23. The van der Waals surface area contributed by atoms with E-state index in [2.05, 4.69) is 15.6 Å². The number of carboxylic acids is 1. The zero-order chi connectivity index (χ0) is 24.9. The maximum atomic E-state index is 12.9. The molecule has 0 bridgehead atoms. The summed E-state index contributed by atoms with van der Waals surface area (Å²) in [6.45, 7) is 0. The molecule has 0 radical (unpaired) electrons. The number of carbonyl (C=O) groups is 3. The lowest BCUT2D eigenvalue weighted by molar-refractivity contribution is -0.137. The van der Waals surface area contributed by atoms with Crippen LogP contribution in [0, 0.1) is 0 Å². The van der Waals surface area contributed by atoms with Crippen LogP contribution in [0.3, 0.4) is 0 Å². The van der Waals surface area contributed by atoms with Crippen molar-refractivity contribution in [1.29, 1.82) is 0 Å². The number of nitrogens with zero attached hydrogens (tertiary/aromatic N) is 1. The van der Waals surface area contributed by atoms with Crippen LogP contribution in [0.4, 0.5) is 5.69 Å². The normalized spacial score (nSPS) is 11.7. The minimum absolute atomic E-state index is 0.0963. The van der Waals surface area contributed by atoms with Gasteiger partial charge in [-0.2, -0.15) is 0 Å². The van der Waals surface area contributed by atoms with E-state index in [-0.39, 0.29) is 18.4 Å². The minimum atomic E-state index is -1.09. The lowest BCUT2D eigenvalue weighted by Crippen LogP contribution is -2.44. The lowest BCUT2D eigenvalue weighted by Gasteiger charge is -2.18. The molecule has 2 aromatic heterocycles. The van der Waals surface area contributed by atoms with Gasteiger partial charge >= 0.3 is 5.97 Å². The molecule has 0 unspecified atom stereocenters. The van der Waals surface area contributed by atoms with Crippen molar-refractivity contribution >= 4 is 46.0 Å². The van der Waals surface area contributed by atoms with Crippen LogP contribution >= 0.6 is 11.6 Å². The topological polar surface area (TPSA) is 133 Å². The van der Waals surface area contributed by atoms with Gasteiger partial charge in [-0.1, -0.05) is 23.7 Å². The fourth-order valence-corrected chi connectivity index (χ4v) is 3.81. The number of hydrogen-bond acceptors (Lipinski definition) is 4. The molecule has 4 N–H and O–H groups in total. The molecule has 0 saturated heterocycles. The molecule has 0 aliphatic heterocycles.